The highest BCUT2D eigenvalue weighted by Gasteiger charge is 2.36. The predicted octanol–water partition coefficient (Wildman–Crippen LogP) is 5.82. The van der Waals surface area contributed by atoms with Gasteiger partial charge in [0.1, 0.15) is 0 Å². The molecule has 1 fully saturated rings. The van der Waals surface area contributed by atoms with Crippen molar-refractivity contribution < 1.29 is 4.79 Å². The lowest BCUT2D eigenvalue weighted by molar-refractivity contribution is 0.0668. The second kappa shape index (κ2) is 9.80. The largest absolute Gasteiger partial charge is 0.336 e. The van der Waals surface area contributed by atoms with Gasteiger partial charge in [-0.15, -0.1) is 0 Å². The smallest absolute Gasteiger partial charge is 0.254 e. The Kier molecular flexibility index (Phi) is 6.89. The van der Waals surface area contributed by atoms with Crippen LogP contribution in [-0.4, -0.2) is 41.4 Å². The average molecular weight is 433 g/mol. The van der Waals surface area contributed by atoms with Crippen molar-refractivity contribution in [2.24, 2.45) is 5.92 Å². The van der Waals surface area contributed by atoms with Crippen LogP contribution >= 0.6 is 11.3 Å². The van der Waals surface area contributed by atoms with Crippen molar-refractivity contribution in [1.82, 2.24) is 9.80 Å². The van der Waals surface area contributed by atoms with Gasteiger partial charge in [-0.25, -0.2) is 0 Å². The van der Waals surface area contributed by atoms with Gasteiger partial charge < -0.3 is 4.90 Å². The van der Waals surface area contributed by atoms with Crippen molar-refractivity contribution in [2.45, 2.75) is 39.3 Å². The van der Waals surface area contributed by atoms with Crippen molar-refractivity contribution in [3.63, 3.8) is 0 Å². The Morgan fingerprint density at radius 1 is 1.06 bits per heavy atom. The summed E-state index contributed by atoms with van der Waals surface area (Å²) >= 11 is 1.76. The quantitative estimate of drug-likeness (QED) is 0.469. The summed E-state index contributed by atoms with van der Waals surface area (Å²) in [5, 5.41) is 4.40. The van der Waals surface area contributed by atoms with E-state index in [1.807, 2.05) is 30.3 Å². The summed E-state index contributed by atoms with van der Waals surface area (Å²) in [6, 6.07) is 21.1. The molecule has 2 heterocycles. The second-order valence-electron chi connectivity index (χ2n) is 9.02. The minimum atomic E-state index is 0.134. The normalized spacial score (nSPS) is 19.1. The third-order valence-electron chi connectivity index (χ3n) is 6.34. The molecule has 0 unspecified atom stereocenters. The van der Waals surface area contributed by atoms with Crippen LogP contribution in [0.4, 0.5) is 0 Å². The molecular formula is C27H32N2OS. The van der Waals surface area contributed by atoms with Crippen LogP contribution in [0.5, 0.6) is 0 Å². The first kappa shape index (κ1) is 21.8. The molecule has 0 bridgehead atoms. The molecule has 1 aromatic heterocycles. The molecule has 0 saturated carbocycles. The van der Waals surface area contributed by atoms with Gasteiger partial charge in [0.2, 0.25) is 0 Å². The third-order valence-corrected chi connectivity index (χ3v) is 7.08. The van der Waals surface area contributed by atoms with E-state index in [4.69, 9.17) is 0 Å². The molecule has 162 valence electrons. The minimum absolute atomic E-state index is 0.134. The van der Waals surface area contributed by atoms with E-state index in [9.17, 15) is 4.79 Å². The van der Waals surface area contributed by atoms with Crippen LogP contribution in [0.15, 0.2) is 71.4 Å². The second-order valence-corrected chi connectivity index (χ2v) is 9.80. The van der Waals surface area contributed by atoms with Crippen LogP contribution < -0.4 is 0 Å². The molecule has 0 N–H and O–H groups in total. The Labute approximate surface area is 190 Å². The summed E-state index contributed by atoms with van der Waals surface area (Å²) in [7, 11) is 0. The molecule has 3 aromatic rings. The number of likely N-dealkylation sites (tertiary alicyclic amines) is 1. The first-order valence-electron chi connectivity index (χ1n) is 11.2. The number of carbonyl (C=O) groups excluding carboxylic acids is 1. The maximum Gasteiger partial charge on any atom is 0.254 e. The summed E-state index contributed by atoms with van der Waals surface area (Å²) in [4.78, 5) is 17.9. The molecule has 1 aliphatic heterocycles. The zero-order valence-electron chi connectivity index (χ0n) is 18.7. The Morgan fingerprint density at radius 2 is 1.81 bits per heavy atom. The number of nitrogens with zero attached hydrogens (tertiary/aromatic N) is 2. The average Bonchev–Trinajstić information content (AvgIpc) is 3.43. The highest BCUT2D eigenvalue weighted by molar-refractivity contribution is 7.07. The number of aryl methyl sites for hydroxylation is 1. The molecule has 31 heavy (non-hydrogen) atoms. The number of thiophene rings is 1. The van der Waals surface area contributed by atoms with Gasteiger partial charge in [0.25, 0.3) is 5.91 Å². The molecule has 1 amide bonds. The van der Waals surface area contributed by atoms with E-state index in [-0.39, 0.29) is 11.9 Å². The molecular weight excluding hydrogens is 400 g/mol. The fourth-order valence-electron chi connectivity index (χ4n) is 4.63. The van der Waals surface area contributed by atoms with Gasteiger partial charge in [-0.05, 0) is 66.8 Å². The predicted molar refractivity (Wildman–Crippen MR) is 130 cm³/mol. The lowest BCUT2D eigenvalue weighted by Gasteiger charge is -2.32. The lowest BCUT2D eigenvalue weighted by atomic mass is 9.88. The van der Waals surface area contributed by atoms with Crippen LogP contribution in [0.25, 0.3) is 0 Å². The van der Waals surface area contributed by atoms with E-state index in [1.165, 1.54) is 16.7 Å². The number of amides is 1. The van der Waals surface area contributed by atoms with E-state index in [0.717, 1.165) is 31.7 Å². The van der Waals surface area contributed by atoms with Crippen molar-refractivity contribution in [1.29, 1.82) is 0 Å². The van der Waals surface area contributed by atoms with Gasteiger partial charge in [-0.2, -0.15) is 11.3 Å². The molecule has 2 aromatic carbocycles. The number of carbonyl (C=O) groups is 1. The van der Waals surface area contributed by atoms with Gasteiger partial charge >= 0.3 is 0 Å². The Bertz CT molecular complexity index is 966. The fourth-order valence-corrected chi connectivity index (χ4v) is 5.29. The van der Waals surface area contributed by atoms with Crippen molar-refractivity contribution in [3.8, 4) is 0 Å². The van der Waals surface area contributed by atoms with E-state index >= 15 is 0 Å². The maximum absolute atomic E-state index is 13.3. The zero-order valence-corrected chi connectivity index (χ0v) is 19.5. The van der Waals surface area contributed by atoms with Crippen LogP contribution in [-0.2, 0) is 6.54 Å². The van der Waals surface area contributed by atoms with Crippen LogP contribution in [0.3, 0.4) is 0 Å². The van der Waals surface area contributed by atoms with E-state index in [2.05, 4.69) is 71.7 Å². The zero-order chi connectivity index (χ0) is 21.8. The van der Waals surface area contributed by atoms with E-state index in [1.54, 1.807) is 11.3 Å². The van der Waals surface area contributed by atoms with E-state index in [0.29, 0.717) is 11.8 Å². The first-order valence-corrected chi connectivity index (χ1v) is 12.1. The first-order chi connectivity index (χ1) is 15.0. The standard InChI is InChI=1S/C27H32N2OS/c1-20(2)29(27(30)24-7-5-4-6-8-24)17-25-16-28(15-22-13-14-31-19-22)18-26(25)23-11-9-21(3)10-12-23/h4-14,19-20,25-26H,15-18H2,1-3H3/t25-,26+/m0/s1. The van der Waals surface area contributed by atoms with Gasteiger partial charge in [0.05, 0.1) is 0 Å². The summed E-state index contributed by atoms with van der Waals surface area (Å²) in [6.45, 7) is 10.2. The maximum atomic E-state index is 13.3. The van der Waals surface area contributed by atoms with Crippen LogP contribution in [0, 0.1) is 12.8 Å². The molecule has 1 aliphatic rings. The molecule has 4 rings (SSSR count). The third kappa shape index (κ3) is 5.25. The summed E-state index contributed by atoms with van der Waals surface area (Å²) < 4.78 is 0. The molecule has 4 heteroatoms. The van der Waals surface area contributed by atoms with E-state index < -0.39 is 0 Å². The monoisotopic (exact) mass is 432 g/mol. The summed E-state index contributed by atoms with van der Waals surface area (Å²) in [6.07, 6.45) is 0. The summed E-state index contributed by atoms with van der Waals surface area (Å²) in [5.41, 5.74) is 4.83. The van der Waals surface area contributed by atoms with Gasteiger partial charge in [-0.3, -0.25) is 9.69 Å². The highest BCUT2D eigenvalue weighted by atomic mass is 32.1. The Morgan fingerprint density at radius 3 is 2.45 bits per heavy atom. The number of benzene rings is 2. The van der Waals surface area contributed by atoms with Gasteiger partial charge in [-0.1, -0.05) is 48.0 Å². The van der Waals surface area contributed by atoms with Crippen LogP contribution in [0.1, 0.15) is 46.8 Å². The molecule has 2 atom stereocenters. The van der Waals surface area contributed by atoms with Crippen molar-refractivity contribution >= 4 is 17.2 Å². The van der Waals surface area contributed by atoms with Crippen molar-refractivity contribution in [2.75, 3.05) is 19.6 Å². The molecule has 1 saturated heterocycles. The Balaban J connectivity index is 1.57. The number of rotatable bonds is 7. The van der Waals surface area contributed by atoms with Crippen LogP contribution in [0.2, 0.25) is 0 Å². The Hall–Kier alpha value is -2.43. The number of hydrogen-bond donors (Lipinski definition) is 0. The topological polar surface area (TPSA) is 23.6 Å². The van der Waals surface area contributed by atoms with Gasteiger partial charge in [0, 0.05) is 43.7 Å². The lowest BCUT2D eigenvalue weighted by Crippen LogP contribution is -2.42. The molecule has 0 aliphatic carbocycles. The highest BCUT2D eigenvalue weighted by Crippen LogP contribution is 2.35. The SMILES string of the molecule is Cc1ccc([C@H]2CN(Cc3ccsc3)C[C@H]2CN(C(=O)c2ccccc2)C(C)C)cc1. The van der Waals surface area contributed by atoms with Crippen molar-refractivity contribution in [3.05, 3.63) is 93.7 Å². The molecule has 0 spiro atoms. The molecule has 0 radical (unpaired) electrons. The number of hydrogen-bond acceptors (Lipinski definition) is 3. The minimum Gasteiger partial charge on any atom is -0.336 e. The molecule has 3 nitrogen and oxygen atoms in total. The van der Waals surface area contributed by atoms with Gasteiger partial charge in [0.15, 0.2) is 0 Å². The summed E-state index contributed by atoms with van der Waals surface area (Å²) in [5.74, 6) is 0.981. The fraction of sp³-hybridized carbons (Fsp3) is 0.370.